The molecule has 30 heavy (non-hydrogen) atoms. The molecule has 1 atom stereocenters. The van der Waals surface area contributed by atoms with Crippen LogP contribution < -0.4 is 0 Å². The number of ketones is 1. The number of Topliss-reactive ketones (excluding diaryl/α,β-unsaturated/α-hetero) is 1. The van der Waals surface area contributed by atoms with Crippen LogP contribution in [0.25, 0.3) is 0 Å². The summed E-state index contributed by atoms with van der Waals surface area (Å²) < 4.78 is 172. The molecule has 1 nitrogen and oxygen atoms in total. The Morgan fingerprint density at radius 3 is 1.63 bits per heavy atom. The van der Waals surface area contributed by atoms with E-state index in [9.17, 15) is 61.9 Å². The summed E-state index contributed by atoms with van der Waals surface area (Å²) in [5, 5.41) is 0. The summed E-state index contributed by atoms with van der Waals surface area (Å²) >= 11 is 0. The highest BCUT2D eigenvalue weighted by Crippen LogP contribution is 2.61. The Bertz CT molecular complexity index is 825. The fourth-order valence-electron chi connectivity index (χ4n) is 2.94. The first kappa shape index (κ1) is 24.3. The van der Waals surface area contributed by atoms with E-state index in [0.29, 0.717) is 0 Å². The van der Waals surface area contributed by atoms with Crippen LogP contribution in [0.5, 0.6) is 0 Å². The number of benzene rings is 1. The predicted octanol–water partition coefficient (Wildman–Crippen LogP) is 6.17. The second-order valence-electron chi connectivity index (χ2n) is 6.53. The third kappa shape index (κ3) is 3.04. The van der Waals surface area contributed by atoms with Crippen molar-refractivity contribution in [2.45, 2.75) is 48.6 Å². The molecule has 0 spiro atoms. The maximum atomic E-state index is 14.2. The zero-order chi connectivity index (χ0) is 23.6. The summed E-state index contributed by atoms with van der Waals surface area (Å²) in [5.41, 5.74) is -0.585. The molecule has 1 aliphatic carbocycles. The molecule has 0 heterocycles. The van der Waals surface area contributed by atoms with Crippen molar-refractivity contribution >= 4 is 5.78 Å². The number of hydrogen-bond acceptors (Lipinski definition) is 1. The molecule has 2 rings (SSSR count). The molecule has 0 amide bonds. The summed E-state index contributed by atoms with van der Waals surface area (Å²) in [7, 11) is 0. The normalized spacial score (nSPS) is 19.6. The second-order valence-corrected chi connectivity index (χ2v) is 6.53. The first-order chi connectivity index (χ1) is 13.2. The van der Waals surface area contributed by atoms with Crippen LogP contribution in [0.3, 0.4) is 0 Å². The van der Waals surface area contributed by atoms with E-state index < -0.39 is 65.9 Å². The average molecular weight is 464 g/mol. The Hall–Kier alpha value is -2.02. The van der Waals surface area contributed by atoms with Crippen molar-refractivity contribution in [3.8, 4) is 0 Å². The predicted molar refractivity (Wildman–Crippen MR) is 73.4 cm³/mol. The number of halogens is 13. The van der Waals surface area contributed by atoms with Crippen molar-refractivity contribution in [3.05, 3.63) is 35.4 Å². The molecule has 1 aromatic rings. The minimum atomic E-state index is -7.97. The zero-order valence-electron chi connectivity index (χ0n) is 14.1. The Labute approximate surface area is 158 Å². The van der Waals surface area contributed by atoms with Gasteiger partial charge in [0.1, 0.15) is 0 Å². The quantitative estimate of drug-likeness (QED) is 0.477. The van der Waals surface area contributed by atoms with Crippen LogP contribution in [0.1, 0.15) is 22.3 Å². The van der Waals surface area contributed by atoms with Gasteiger partial charge in [0.15, 0.2) is 5.78 Å². The summed E-state index contributed by atoms with van der Waals surface area (Å²) in [6, 6.07) is 4.45. The van der Waals surface area contributed by atoms with Gasteiger partial charge in [-0.15, -0.1) is 0 Å². The molecule has 0 N–H and O–H groups in total. The van der Waals surface area contributed by atoms with Gasteiger partial charge in [-0.2, -0.15) is 57.1 Å². The number of fused-ring (bicyclic) bond motifs is 1. The van der Waals surface area contributed by atoms with Crippen molar-refractivity contribution < 1.29 is 61.9 Å². The number of aryl methyl sites for hydroxylation is 1. The van der Waals surface area contributed by atoms with E-state index in [0.717, 1.165) is 12.1 Å². The second kappa shape index (κ2) is 6.74. The number of carbonyl (C=O) groups excluding carboxylic acids is 1. The van der Waals surface area contributed by atoms with Gasteiger partial charge in [-0.1, -0.05) is 24.3 Å². The van der Waals surface area contributed by atoms with Crippen LogP contribution in [0.15, 0.2) is 24.3 Å². The average Bonchev–Trinajstić information content (AvgIpc) is 2.60. The van der Waals surface area contributed by atoms with Crippen molar-refractivity contribution in [3.63, 3.8) is 0 Å². The monoisotopic (exact) mass is 464 g/mol. The Morgan fingerprint density at radius 1 is 0.667 bits per heavy atom. The van der Waals surface area contributed by atoms with E-state index in [2.05, 4.69) is 0 Å². The minimum Gasteiger partial charge on any atom is -0.294 e. The van der Waals surface area contributed by atoms with Crippen molar-refractivity contribution in [1.82, 2.24) is 0 Å². The minimum absolute atomic E-state index is 0.0403. The first-order valence-electron chi connectivity index (χ1n) is 7.83. The number of carbonyl (C=O) groups is 1. The topological polar surface area (TPSA) is 17.1 Å². The Balaban J connectivity index is 2.54. The molecule has 170 valence electrons. The maximum Gasteiger partial charge on any atom is 0.460 e. The van der Waals surface area contributed by atoms with E-state index in [1.165, 1.54) is 12.1 Å². The van der Waals surface area contributed by atoms with Crippen LogP contribution in [0.4, 0.5) is 57.1 Å². The Morgan fingerprint density at radius 2 is 1.13 bits per heavy atom. The fraction of sp³-hybridized carbons (Fsp3) is 0.562. The molecule has 1 aliphatic rings. The fourth-order valence-corrected chi connectivity index (χ4v) is 2.94. The van der Waals surface area contributed by atoms with E-state index >= 15 is 0 Å². The van der Waals surface area contributed by atoms with Gasteiger partial charge in [0.2, 0.25) is 0 Å². The Kier molecular flexibility index (Phi) is 5.45. The van der Waals surface area contributed by atoms with Crippen LogP contribution in [-0.2, 0) is 6.42 Å². The molecule has 0 fully saturated rings. The first-order valence-corrected chi connectivity index (χ1v) is 7.83. The lowest BCUT2D eigenvalue weighted by molar-refractivity contribution is -0.442. The molecule has 0 radical (unpaired) electrons. The van der Waals surface area contributed by atoms with Crippen LogP contribution in [-0.4, -0.2) is 41.6 Å². The molecule has 0 saturated heterocycles. The number of hydrogen-bond donors (Lipinski definition) is 0. The molecule has 0 aliphatic heterocycles. The standard InChI is InChI=1S/C16H9F13O/c17-11(18,9-6-5-7-3-1-2-4-8(7)10(9)30)12(19,20)13(21,22)14(23,24)15(25,26)16(27,28)29/h1-4,9H,5-6H2. The van der Waals surface area contributed by atoms with Gasteiger partial charge >= 0.3 is 35.8 Å². The third-order valence-electron chi connectivity index (χ3n) is 4.70. The van der Waals surface area contributed by atoms with Gasteiger partial charge in [-0.3, -0.25) is 4.79 Å². The molecule has 0 bridgehead atoms. The van der Waals surface area contributed by atoms with Crippen LogP contribution >= 0.6 is 0 Å². The summed E-state index contributed by atoms with van der Waals surface area (Å²) in [5.74, 6) is -42.7. The largest absolute Gasteiger partial charge is 0.460 e. The molecular formula is C16H9F13O. The molecule has 0 aromatic heterocycles. The van der Waals surface area contributed by atoms with Crippen LogP contribution in [0.2, 0.25) is 0 Å². The molecule has 1 aromatic carbocycles. The highest BCUT2D eigenvalue weighted by atomic mass is 19.4. The lowest BCUT2D eigenvalue weighted by Gasteiger charge is -2.42. The summed E-state index contributed by atoms with van der Waals surface area (Å²) in [6.07, 6.45) is -9.31. The van der Waals surface area contributed by atoms with Gasteiger partial charge in [0.25, 0.3) is 0 Å². The lowest BCUT2D eigenvalue weighted by Crippen LogP contribution is -2.71. The maximum absolute atomic E-state index is 14.2. The number of alkyl halides is 13. The van der Waals surface area contributed by atoms with E-state index in [1.807, 2.05) is 0 Å². The zero-order valence-corrected chi connectivity index (χ0v) is 14.1. The van der Waals surface area contributed by atoms with E-state index in [-0.39, 0.29) is 5.56 Å². The van der Waals surface area contributed by atoms with Gasteiger partial charge in [-0.25, -0.2) is 0 Å². The highest BCUT2D eigenvalue weighted by Gasteiger charge is 2.91. The van der Waals surface area contributed by atoms with Gasteiger partial charge in [-0.05, 0) is 18.4 Å². The number of rotatable bonds is 5. The van der Waals surface area contributed by atoms with Crippen molar-refractivity contribution in [2.24, 2.45) is 5.92 Å². The smallest absolute Gasteiger partial charge is 0.294 e. The van der Waals surface area contributed by atoms with Gasteiger partial charge in [0.05, 0.1) is 5.92 Å². The van der Waals surface area contributed by atoms with Crippen LogP contribution in [0, 0.1) is 5.92 Å². The molecule has 0 saturated carbocycles. The van der Waals surface area contributed by atoms with Crippen molar-refractivity contribution in [1.29, 1.82) is 0 Å². The summed E-state index contributed by atoms with van der Waals surface area (Å²) in [6.45, 7) is 0. The third-order valence-corrected chi connectivity index (χ3v) is 4.70. The molecule has 14 heteroatoms. The highest BCUT2D eigenvalue weighted by molar-refractivity contribution is 6.00. The SMILES string of the molecule is O=C1c2ccccc2CCC1C(F)(F)C(F)(F)C(F)(F)C(F)(F)C(F)(F)C(F)(F)F. The van der Waals surface area contributed by atoms with Gasteiger partial charge < -0.3 is 0 Å². The van der Waals surface area contributed by atoms with Gasteiger partial charge in [0, 0.05) is 5.56 Å². The van der Waals surface area contributed by atoms with E-state index in [1.54, 1.807) is 0 Å². The molecule has 1 unspecified atom stereocenters. The molecular weight excluding hydrogens is 455 g/mol. The van der Waals surface area contributed by atoms with E-state index in [4.69, 9.17) is 0 Å². The van der Waals surface area contributed by atoms with Crippen molar-refractivity contribution in [2.75, 3.05) is 0 Å². The summed E-state index contributed by atoms with van der Waals surface area (Å²) in [4.78, 5) is 12.1. The lowest BCUT2D eigenvalue weighted by atomic mass is 9.76.